The van der Waals surface area contributed by atoms with E-state index in [0.717, 1.165) is 12.1 Å². The monoisotopic (exact) mass is 686 g/mol. The molecule has 5 rings (SSSR count). The molecule has 1 fully saturated rings. The normalized spacial score (nSPS) is 14.1. The van der Waals surface area contributed by atoms with Gasteiger partial charge >= 0.3 is 6.18 Å². The van der Waals surface area contributed by atoms with Gasteiger partial charge in [-0.3, -0.25) is 14.6 Å². The Morgan fingerprint density at radius 1 is 0.938 bits per heavy atom. The van der Waals surface area contributed by atoms with E-state index in [4.69, 9.17) is 4.74 Å². The van der Waals surface area contributed by atoms with Gasteiger partial charge in [-0.15, -0.1) is 10.2 Å². The zero-order valence-electron chi connectivity index (χ0n) is 26.5. The minimum Gasteiger partial charge on any atom is -0.492 e. The summed E-state index contributed by atoms with van der Waals surface area (Å²) in [6.45, 7) is 7.54. The maximum Gasteiger partial charge on any atom is 0.416 e. The molecule has 1 saturated heterocycles. The van der Waals surface area contributed by atoms with Gasteiger partial charge in [-0.25, -0.2) is 17.8 Å². The summed E-state index contributed by atoms with van der Waals surface area (Å²) in [4.78, 5) is 33.3. The van der Waals surface area contributed by atoms with E-state index in [1.54, 1.807) is 29.6 Å². The third-order valence-electron chi connectivity index (χ3n) is 7.50. The van der Waals surface area contributed by atoms with Crippen molar-refractivity contribution < 1.29 is 35.9 Å². The lowest BCUT2D eigenvalue weighted by Crippen LogP contribution is -2.49. The number of pyridine rings is 1. The van der Waals surface area contributed by atoms with E-state index >= 15 is 0 Å². The van der Waals surface area contributed by atoms with Crippen LogP contribution in [0.15, 0.2) is 61.2 Å². The molecule has 0 atom stereocenters. The number of nitrogens with zero attached hydrogens (tertiary/aromatic N) is 7. The molecule has 0 unspecified atom stereocenters. The van der Waals surface area contributed by atoms with Gasteiger partial charge in [-0.1, -0.05) is 0 Å². The first-order valence-corrected chi connectivity index (χ1v) is 16.3. The Bertz CT molecular complexity index is 1920. The molecule has 48 heavy (non-hydrogen) atoms. The van der Waals surface area contributed by atoms with Gasteiger partial charge in [0.15, 0.2) is 11.5 Å². The molecule has 13 nitrogen and oxygen atoms in total. The molecule has 4 aromatic rings. The van der Waals surface area contributed by atoms with Crippen LogP contribution in [0.3, 0.4) is 0 Å². The first-order chi connectivity index (χ1) is 22.6. The SMILES string of the molecule is CCOc1cncc(-c2cnn(-c3cc(C(=O)N4CCN(c5ccc(C(=O)NS(=O)(=O)C(C)(C)C)nn5)CC4)cc(C(F)(F)F)c3)c2)c1. The number of nitrogens with one attached hydrogen (secondary N) is 1. The zero-order valence-corrected chi connectivity index (χ0v) is 27.3. The number of amides is 2. The van der Waals surface area contributed by atoms with E-state index in [2.05, 4.69) is 20.3 Å². The van der Waals surface area contributed by atoms with E-state index in [-0.39, 0.29) is 43.1 Å². The van der Waals surface area contributed by atoms with Crippen LogP contribution in [0.1, 0.15) is 54.1 Å². The van der Waals surface area contributed by atoms with Crippen LogP contribution in [0.4, 0.5) is 19.0 Å². The van der Waals surface area contributed by atoms with Gasteiger partial charge in [0.05, 0.1) is 35.0 Å². The van der Waals surface area contributed by atoms with Crippen LogP contribution in [0.2, 0.25) is 0 Å². The maximum atomic E-state index is 14.0. The highest BCUT2D eigenvalue weighted by atomic mass is 32.2. The first kappa shape index (κ1) is 34.3. The number of benzene rings is 1. The number of hydrogen-bond donors (Lipinski definition) is 1. The number of ether oxygens (including phenoxy) is 1. The third kappa shape index (κ3) is 7.56. The Kier molecular flexibility index (Phi) is 9.44. The fraction of sp³-hybridized carbons (Fsp3) is 0.355. The van der Waals surface area contributed by atoms with E-state index < -0.39 is 38.3 Å². The minimum atomic E-state index is -4.71. The highest BCUT2D eigenvalue weighted by Crippen LogP contribution is 2.33. The number of hydrogen-bond acceptors (Lipinski definition) is 10. The number of piperazine rings is 1. The van der Waals surface area contributed by atoms with Gasteiger partial charge in [-0.2, -0.15) is 18.3 Å². The summed E-state index contributed by atoms with van der Waals surface area (Å²) in [5.74, 6) is -0.578. The summed E-state index contributed by atoms with van der Waals surface area (Å²) in [7, 11) is -3.95. The quantitative estimate of drug-likeness (QED) is 0.288. The average Bonchev–Trinajstić information content (AvgIpc) is 3.54. The van der Waals surface area contributed by atoms with Crippen LogP contribution < -0.4 is 14.4 Å². The average molecular weight is 687 g/mol. The Morgan fingerprint density at radius 2 is 1.67 bits per heavy atom. The van der Waals surface area contributed by atoms with Crippen LogP contribution in [0, 0.1) is 0 Å². The van der Waals surface area contributed by atoms with Crippen molar-refractivity contribution in [3.8, 4) is 22.6 Å². The number of carbonyl (C=O) groups excluding carboxylic acids is 2. The largest absolute Gasteiger partial charge is 0.492 e. The first-order valence-electron chi connectivity index (χ1n) is 14.9. The Balaban J connectivity index is 1.29. The summed E-state index contributed by atoms with van der Waals surface area (Å²) in [6.07, 6.45) is 1.46. The Hall–Kier alpha value is -5.06. The van der Waals surface area contributed by atoms with Crippen molar-refractivity contribution in [1.82, 2.24) is 34.6 Å². The van der Waals surface area contributed by atoms with Gasteiger partial charge in [0.1, 0.15) is 5.75 Å². The molecular weight excluding hydrogens is 653 g/mol. The van der Waals surface area contributed by atoms with Crippen molar-refractivity contribution >= 4 is 27.7 Å². The topological polar surface area (TPSA) is 153 Å². The highest BCUT2D eigenvalue weighted by molar-refractivity contribution is 7.91. The van der Waals surface area contributed by atoms with Gasteiger partial charge in [-0.05, 0) is 64.1 Å². The Labute approximate surface area is 274 Å². The third-order valence-corrected chi connectivity index (χ3v) is 9.57. The van der Waals surface area contributed by atoms with E-state index in [0.29, 0.717) is 29.3 Å². The summed E-state index contributed by atoms with van der Waals surface area (Å²) in [6, 6.07) is 7.71. The second-order valence-electron chi connectivity index (χ2n) is 11.9. The molecular formula is C31H33F3N8O5S. The molecule has 1 aliphatic rings. The summed E-state index contributed by atoms with van der Waals surface area (Å²) in [5, 5.41) is 12.1. The molecule has 254 valence electrons. The van der Waals surface area contributed by atoms with E-state index in [1.165, 1.54) is 54.7 Å². The van der Waals surface area contributed by atoms with Crippen molar-refractivity contribution in [3.05, 3.63) is 78.0 Å². The van der Waals surface area contributed by atoms with Crippen molar-refractivity contribution in [2.45, 2.75) is 38.6 Å². The number of carbonyl (C=O) groups is 2. The van der Waals surface area contributed by atoms with Gasteiger partial charge in [0, 0.05) is 55.3 Å². The predicted octanol–water partition coefficient (Wildman–Crippen LogP) is 3.96. The van der Waals surface area contributed by atoms with Crippen LogP contribution in [-0.4, -0.2) is 87.6 Å². The summed E-state index contributed by atoms with van der Waals surface area (Å²) < 4.78 is 74.0. The zero-order chi connectivity index (χ0) is 34.9. The second kappa shape index (κ2) is 13.2. The molecule has 0 bridgehead atoms. The smallest absolute Gasteiger partial charge is 0.416 e. The van der Waals surface area contributed by atoms with Crippen LogP contribution in [0.25, 0.3) is 16.8 Å². The molecule has 1 aliphatic heterocycles. The molecule has 0 saturated carbocycles. The number of alkyl halides is 3. The second-order valence-corrected chi connectivity index (χ2v) is 14.3. The van der Waals surface area contributed by atoms with Crippen molar-refractivity contribution in [2.24, 2.45) is 0 Å². The highest BCUT2D eigenvalue weighted by Gasteiger charge is 2.34. The summed E-state index contributed by atoms with van der Waals surface area (Å²) >= 11 is 0. The number of halogens is 3. The van der Waals surface area contributed by atoms with Crippen LogP contribution in [-0.2, 0) is 16.2 Å². The molecule has 0 aliphatic carbocycles. The molecule has 4 heterocycles. The standard InChI is InChI=1S/C31H33F3N8O5S/c1-5-47-25-14-21(16-35-18-25)22-17-36-42(19-22)24-13-20(12-23(15-24)31(32,33)34)29(44)41-10-8-40(9-11-41)27-7-6-26(37-38-27)28(43)39-48(45,46)30(2,3)4/h6-7,12-19H,5,8-11H2,1-4H3,(H,39,43). The fourth-order valence-corrected chi connectivity index (χ4v) is 5.38. The van der Waals surface area contributed by atoms with Crippen molar-refractivity contribution in [2.75, 3.05) is 37.7 Å². The molecule has 3 aromatic heterocycles. The van der Waals surface area contributed by atoms with Crippen molar-refractivity contribution in [3.63, 3.8) is 0 Å². The maximum absolute atomic E-state index is 14.0. The van der Waals surface area contributed by atoms with Crippen LogP contribution >= 0.6 is 0 Å². The van der Waals surface area contributed by atoms with E-state index in [1.807, 2.05) is 11.6 Å². The van der Waals surface area contributed by atoms with Crippen molar-refractivity contribution in [1.29, 1.82) is 0 Å². The van der Waals surface area contributed by atoms with Gasteiger partial charge in [0.25, 0.3) is 11.8 Å². The predicted molar refractivity (Wildman–Crippen MR) is 169 cm³/mol. The molecule has 1 aromatic carbocycles. The number of sulfonamides is 1. The number of aromatic nitrogens is 5. The lowest BCUT2D eigenvalue weighted by Gasteiger charge is -2.35. The molecule has 0 radical (unpaired) electrons. The van der Waals surface area contributed by atoms with Crippen LogP contribution in [0.5, 0.6) is 5.75 Å². The number of anilines is 1. The lowest BCUT2D eigenvalue weighted by molar-refractivity contribution is -0.137. The molecule has 1 N–H and O–H groups in total. The van der Waals surface area contributed by atoms with E-state index in [9.17, 15) is 31.2 Å². The molecule has 2 amide bonds. The minimum absolute atomic E-state index is 0.0571. The lowest BCUT2D eigenvalue weighted by atomic mass is 10.1. The van der Waals surface area contributed by atoms with Gasteiger partial charge in [0.2, 0.25) is 10.0 Å². The number of rotatable bonds is 8. The Morgan fingerprint density at radius 3 is 2.29 bits per heavy atom. The molecule has 17 heteroatoms. The summed E-state index contributed by atoms with van der Waals surface area (Å²) in [5.41, 5.74) is -0.0246. The fourth-order valence-electron chi connectivity index (χ4n) is 4.73. The molecule has 0 spiro atoms. The van der Waals surface area contributed by atoms with Gasteiger partial charge < -0.3 is 14.5 Å².